The molecule has 0 aromatic heterocycles. The van der Waals surface area contributed by atoms with Crippen LogP contribution in [0.3, 0.4) is 0 Å². The summed E-state index contributed by atoms with van der Waals surface area (Å²) >= 11 is -0.226. The van der Waals surface area contributed by atoms with E-state index < -0.39 is 0 Å². The molecule has 0 unspecified atom stereocenters. The van der Waals surface area contributed by atoms with Crippen LogP contribution in [0.15, 0.2) is 0 Å². The van der Waals surface area contributed by atoms with Crippen molar-refractivity contribution in [2.75, 3.05) is 39.3 Å². The fourth-order valence-electron chi connectivity index (χ4n) is 0.631. The van der Waals surface area contributed by atoms with E-state index >= 15 is 0 Å². The molecule has 14 heavy (non-hydrogen) atoms. The Bertz CT molecular complexity index is 74.1. The molecule has 0 amide bonds. The van der Waals surface area contributed by atoms with Crippen LogP contribution in [0.4, 0.5) is 0 Å². The molecule has 0 aliphatic heterocycles. The third-order valence-corrected chi connectivity index (χ3v) is 1.12. The van der Waals surface area contributed by atoms with Crippen LogP contribution < -0.4 is 34.5 Å². The number of hydrogen-bond donors (Lipinski definition) is 4. The van der Waals surface area contributed by atoms with E-state index in [1.165, 1.54) is 0 Å². The zero-order valence-corrected chi connectivity index (χ0v) is 11.8. The van der Waals surface area contributed by atoms with Gasteiger partial charge >= 0.3 is 34.5 Å². The Labute approximate surface area is 108 Å². The third kappa shape index (κ3) is 29.2. The van der Waals surface area contributed by atoms with E-state index in [-0.39, 0.29) is 27.6 Å². The minimum absolute atomic E-state index is 0. The molecule has 94 valence electrons. The average molecular weight is 356 g/mol. The van der Waals surface area contributed by atoms with Crippen LogP contribution in [0.2, 0.25) is 0 Å². The van der Waals surface area contributed by atoms with Crippen molar-refractivity contribution in [1.29, 1.82) is 0 Å². The van der Waals surface area contributed by atoms with Gasteiger partial charge in [0.1, 0.15) is 0 Å². The van der Waals surface area contributed by atoms with Crippen molar-refractivity contribution >= 4 is 19.4 Å². The van der Waals surface area contributed by atoms with Crippen LogP contribution in [0.1, 0.15) is 0 Å². The van der Waals surface area contributed by atoms with Gasteiger partial charge in [-0.1, -0.05) is 0 Å². The first-order valence-corrected chi connectivity index (χ1v) is 8.20. The molecule has 0 saturated heterocycles. The van der Waals surface area contributed by atoms with Gasteiger partial charge in [0.05, 0.1) is 0 Å². The van der Waals surface area contributed by atoms with Gasteiger partial charge in [-0.3, -0.25) is 0 Å². The summed E-state index contributed by atoms with van der Waals surface area (Å²) in [6, 6.07) is 0. The van der Waals surface area contributed by atoms with Gasteiger partial charge in [-0.05, 0) is 0 Å². The molecule has 0 saturated carbocycles. The van der Waals surface area contributed by atoms with E-state index in [0.29, 0.717) is 13.1 Å². The fourth-order valence-corrected chi connectivity index (χ4v) is 0.631. The maximum atomic E-state index is 5.27. The first-order valence-electron chi connectivity index (χ1n) is 3.98. The van der Waals surface area contributed by atoms with Crippen molar-refractivity contribution in [2.45, 2.75) is 0 Å². The monoisotopic (exact) mass is 354 g/mol. The Hall–Kier alpha value is 1.33. The van der Waals surface area contributed by atoms with Crippen molar-refractivity contribution in [3.63, 3.8) is 0 Å². The molecule has 0 heterocycles. The Kier molecular flexibility index (Phi) is 35.3. The van der Waals surface area contributed by atoms with Crippen LogP contribution in [0, 0.1) is 0 Å². The Balaban J connectivity index is -0.000000267. The zero-order chi connectivity index (χ0) is 10.4. The van der Waals surface area contributed by atoms with E-state index in [1.54, 1.807) is 0 Å². The van der Waals surface area contributed by atoms with Crippen molar-refractivity contribution in [2.24, 2.45) is 11.5 Å². The molecule has 0 aromatic carbocycles. The molecule has 0 fully saturated rings. The number of hydrogen-bond acceptors (Lipinski definition) is 4. The van der Waals surface area contributed by atoms with Crippen molar-refractivity contribution in [3.8, 4) is 0 Å². The Morgan fingerprint density at radius 2 is 1.14 bits per heavy atom. The molecule has 0 radical (unpaired) electrons. The van der Waals surface area contributed by atoms with Crippen LogP contribution in [-0.4, -0.2) is 39.3 Å². The van der Waals surface area contributed by atoms with Gasteiger partial charge < -0.3 is 34.5 Å². The first-order chi connectivity index (χ1) is 6.33. The van der Waals surface area contributed by atoms with E-state index in [2.05, 4.69) is 10.6 Å². The quantitative estimate of drug-likeness (QED) is 0.282. The predicted octanol–water partition coefficient (Wildman–Crippen LogP) is -3.54. The molecule has 0 aromatic rings. The van der Waals surface area contributed by atoms with Gasteiger partial charge in [0, 0.05) is 39.3 Å². The minimum atomic E-state index is -0.226. The van der Waals surface area contributed by atoms with E-state index in [9.17, 15) is 0 Å². The molecular formula is C6H18Cl3N4Rh-2. The summed E-state index contributed by atoms with van der Waals surface area (Å²) in [7, 11) is 9.67. The summed E-state index contributed by atoms with van der Waals surface area (Å²) in [5.74, 6) is 0. The van der Waals surface area contributed by atoms with Crippen LogP contribution in [0.5, 0.6) is 0 Å². The molecular weight excluding hydrogens is 337 g/mol. The van der Waals surface area contributed by atoms with E-state index in [1.807, 2.05) is 0 Å². The van der Waals surface area contributed by atoms with Crippen LogP contribution in [0.25, 0.3) is 0 Å². The molecule has 0 atom stereocenters. The number of nitrogens with one attached hydrogen (secondary N) is 2. The van der Waals surface area contributed by atoms with Gasteiger partial charge in [-0.2, -0.15) is 0 Å². The predicted molar refractivity (Wildman–Crippen MR) is 55.6 cm³/mol. The number of nitrogens with two attached hydrogens (primary N) is 2. The second kappa shape index (κ2) is 23.9. The molecule has 4 nitrogen and oxygen atoms in total. The summed E-state index contributed by atoms with van der Waals surface area (Å²) in [5, 5.41) is 6.33. The molecule has 0 spiro atoms. The van der Waals surface area contributed by atoms with E-state index in [0.717, 1.165) is 26.2 Å². The zero-order valence-electron chi connectivity index (χ0n) is 7.86. The molecule has 8 heteroatoms. The summed E-state index contributed by atoms with van der Waals surface area (Å²) in [6.07, 6.45) is 0. The second-order valence-corrected chi connectivity index (χ2v) is 4.61. The van der Waals surface area contributed by atoms with E-state index in [4.69, 9.17) is 30.8 Å². The topological polar surface area (TPSA) is 76.1 Å². The summed E-state index contributed by atoms with van der Waals surface area (Å²) in [6.45, 7) is 5.14. The molecule has 0 aliphatic carbocycles. The summed E-state index contributed by atoms with van der Waals surface area (Å²) < 4.78 is 0. The normalized spacial score (nSPS) is 8.86. The average Bonchev–Trinajstić information content (AvgIpc) is 2.13. The molecule has 0 bridgehead atoms. The van der Waals surface area contributed by atoms with Crippen LogP contribution >= 0.6 is 19.4 Å². The van der Waals surface area contributed by atoms with Gasteiger partial charge in [0.2, 0.25) is 0 Å². The van der Waals surface area contributed by atoms with Gasteiger partial charge in [0.25, 0.3) is 0 Å². The second-order valence-electron chi connectivity index (χ2n) is 2.12. The first kappa shape index (κ1) is 20.7. The van der Waals surface area contributed by atoms with Gasteiger partial charge in [-0.15, -0.1) is 0 Å². The summed E-state index contributed by atoms with van der Waals surface area (Å²) in [4.78, 5) is 0. The van der Waals surface area contributed by atoms with Crippen molar-refractivity contribution in [1.82, 2.24) is 10.6 Å². The van der Waals surface area contributed by atoms with Crippen molar-refractivity contribution < 1.29 is 27.6 Å². The Morgan fingerprint density at radius 3 is 1.36 bits per heavy atom. The Morgan fingerprint density at radius 1 is 0.857 bits per heavy atom. The van der Waals surface area contributed by atoms with Crippen LogP contribution in [-0.2, 0) is 15.1 Å². The number of halogens is 3. The standard InChI is InChI=1S/C6H18N4.3ClH.Rh/c7-1-3-9-5-6-10-4-2-8;;;;/h9-10H,1-8H2;3*1H;/q;;;;+1/p-3. The molecule has 0 rings (SSSR count). The SMILES string of the molecule is NCCNCCNCCN.[Cl-].[Cl][Rh-][Cl]. The van der Waals surface area contributed by atoms with Gasteiger partial charge in [-0.25, -0.2) is 0 Å². The maximum absolute atomic E-state index is 5.27. The molecule has 6 N–H and O–H groups in total. The van der Waals surface area contributed by atoms with Crippen molar-refractivity contribution in [3.05, 3.63) is 0 Å². The number of rotatable bonds is 7. The third-order valence-electron chi connectivity index (χ3n) is 1.12. The van der Waals surface area contributed by atoms with Gasteiger partial charge in [0.15, 0.2) is 0 Å². The summed E-state index contributed by atoms with van der Waals surface area (Å²) in [5.41, 5.74) is 10.5. The molecule has 0 aliphatic rings. The fraction of sp³-hybridized carbons (Fsp3) is 1.00.